The second-order valence-electron chi connectivity index (χ2n) is 8.28. The van der Waals surface area contributed by atoms with E-state index in [0.29, 0.717) is 12.6 Å². The normalized spacial score (nSPS) is 19.5. The van der Waals surface area contributed by atoms with Gasteiger partial charge in [-0.05, 0) is 5.56 Å². The van der Waals surface area contributed by atoms with Gasteiger partial charge in [0.1, 0.15) is 44.7 Å². The van der Waals surface area contributed by atoms with Crippen molar-refractivity contribution in [2.75, 3.05) is 32.7 Å². The molecule has 0 radical (unpaired) electrons. The number of piperazine rings is 1. The Morgan fingerprint density at radius 2 is 1.19 bits per heavy atom. The van der Waals surface area contributed by atoms with Crippen LogP contribution >= 0.6 is 0 Å². The number of hydrogen-bond donors (Lipinski definition) is 2. The lowest BCUT2D eigenvalue weighted by molar-refractivity contribution is -1.02. The number of nitriles is 1. The van der Waals surface area contributed by atoms with Crippen LogP contribution in [0.2, 0.25) is 0 Å². The van der Waals surface area contributed by atoms with Crippen molar-refractivity contribution in [3.8, 4) is 6.07 Å². The van der Waals surface area contributed by atoms with E-state index < -0.39 is 5.92 Å². The first-order valence-electron chi connectivity index (χ1n) is 11.0. The predicted molar refractivity (Wildman–Crippen MR) is 121 cm³/mol. The van der Waals surface area contributed by atoms with Crippen LogP contribution in [0, 0.1) is 11.3 Å². The summed E-state index contributed by atoms with van der Waals surface area (Å²) in [7, 11) is 0. The van der Waals surface area contributed by atoms with Gasteiger partial charge in [-0.3, -0.25) is 4.79 Å². The van der Waals surface area contributed by atoms with E-state index >= 15 is 0 Å². The van der Waals surface area contributed by atoms with E-state index in [1.54, 1.807) is 0 Å². The molecule has 0 aromatic heterocycles. The van der Waals surface area contributed by atoms with Crippen molar-refractivity contribution in [3.05, 3.63) is 108 Å². The van der Waals surface area contributed by atoms with Gasteiger partial charge in [0.2, 0.25) is 5.78 Å². The number of carbonyl (C=O) groups excluding carboxylic acids is 1. The van der Waals surface area contributed by atoms with Gasteiger partial charge in [0.25, 0.3) is 0 Å². The third kappa shape index (κ3) is 5.08. The highest BCUT2D eigenvalue weighted by Crippen LogP contribution is 2.19. The van der Waals surface area contributed by atoms with Gasteiger partial charge in [0.15, 0.2) is 0 Å². The number of Topliss-reactive ketones (excluding diaryl/α,β-unsaturated/α-hetero) is 1. The lowest BCUT2D eigenvalue weighted by Gasteiger charge is -2.35. The molecule has 1 aliphatic rings. The zero-order valence-electron chi connectivity index (χ0n) is 17.7. The molecule has 4 heteroatoms. The average Bonchev–Trinajstić information content (AvgIpc) is 2.83. The summed E-state index contributed by atoms with van der Waals surface area (Å²) in [5.74, 6) is -0.643. The molecule has 0 amide bonds. The summed E-state index contributed by atoms with van der Waals surface area (Å²) in [6, 6.07) is 33.3. The number of quaternary nitrogens is 2. The van der Waals surface area contributed by atoms with Crippen molar-refractivity contribution >= 4 is 5.78 Å². The molecule has 0 saturated carbocycles. The van der Waals surface area contributed by atoms with Gasteiger partial charge < -0.3 is 9.80 Å². The van der Waals surface area contributed by atoms with Crippen LogP contribution in [0.25, 0.3) is 0 Å². The first-order valence-corrected chi connectivity index (χ1v) is 11.0. The fourth-order valence-electron chi connectivity index (χ4n) is 4.67. The van der Waals surface area contributed by atoms with Crippen molar-refractivity contribution in [1.82, 2.24) is 0 Å². The Morgan fingerprint density at radius 3 is 1.65 bits per heavy atom. The average molecular weight is 412 g/mol. The summed E-state index contributed by atoms with van der Waals surface area (Å²) in [4.78, 5) is 15.7. The molecular formula is C27H29N3O+2. The minimum absolute atomic E-state index is 0.0230. The van der Waals surface area contributed by atoms with Crippen molar-refractivity contribution in [3.63, 3.8) is 0 Å². The van der Waals surface area contributed by atoms with Crippen LogP contribution in [0.3, 0.4) is 0 Å². The van der Waals surface area contributed by atoms with E-state index in [9.17, 15) is 10.1 Å². The van der Waals surface area contributed by atoms with Crippen LogP contribution in [0.5, 0.6) is 0 Å². The molecule has 0 spiro atoms. The standard InChI is InChI=1S/C27H27N3O/c28-20-25(22-10-4-1-5-11-22)26(31)21-29-16-18-30(19-17-29)27(23-12-6-2-7-13-23)24-14-8-3-9-15-24/h1-15,25,27H,16-19,21H2/p+2/t25-/m1/s1. The van der Waals surface area contributed by atoms with Crippen molar-refractivity contribution in [2.24, 2.45) is 0 Å². The molecule has 156 valence electrons. The number of ketones is 1. The van der Waals surface area contributed by atoms with Crippen LogP contribution in [0.4, 0.5) is 0 Å². The smallest absolute Gasteiger partial charge is 0.208 e. The molecule has 1 aliphatic heterocycles. The molecule has 0 bridgehead atoms. The quantitative estimate of drug-likeness (QED) is 0.618. The first kappa shape index (κ1) is 21.0. The molecule has 0 aliphatic carbocycles. The number of carbonyl (C=O) groups is 1. The maximum atomic E-state index is 12.9. The highest BCUT2D eigenvalue weighted by Gasteiger charge is 2.33. The second kappa shape index (κ2) is 10.2. The number of benzene rings is 3. The number of rotatable bonds is 7. The molecule has 31 heavy (non-hydrogen) atoms. The summed E-state index contributed by atoms with van der Waals surface area (Å²) < 4.78 is 0. The molecule has 2 N–H and O–H groups in total. The fourth-order valence-corrected chi connectivity index (χ4v) is 4.67. The van der Waals surface area contributed by atoms with E-state index in [4.69, 9.17) is 0 Å². The Morgan fingerprint density at radius 1 is 0.742 bits per heavy atom. The van der Waals surface area contributed by atoms with Crippen LogP contribution < -0.4 is 9.80 Å². The van der Waals surface area contributed by atoms with E-state index in [0.717, 1.165) is 31.7 Å². The highest BCUT2D eigenvalue weighted by molar-refractivity contribution is 5.89. The Balaban J connectivity index is 1.42. The van der Waals surface area contributed by atoms with E-state index in [-0.39, 0.29) is 5.78 Å². The van der Waals surface area contributed by atoms with Gasteiger partial charge in [-0.15, -0.1) is 0 Å². The Hall–Kier alpha value is -3.26. The number of hydrogen-bond acceptors (Lipinski definition) is 2. The molecule has 3 aromatic rings. The molecule has 1 heterocycles. The molecule has 1 fully saturated rings. The Kier molecular flexibility index (Phi) is 6.89. The lowest BCUT2D eigenvalue weighted by Crippen LogP contribution is -3.28. The third-order valence-electron chi connectivity index (χ3n) is 6.28. The lowest BCUT2D eigenvalue weighted by atomic mass is 9.95. The third-order valence-corrected chi connectivity index (χ3v) is 6.28. The number of nitrogens with zero attached hydrogens (tertiary/aromatic N) is 1. The largest absolute Gasteiger partial charge is 0.319 e. The van der Waals surface area contributed by atoms with Crippen molar-refractivity contribution < 1.29 is 14.6 Å². The van der Waals surface area contributed by atoms with Gasteiger partial charge in [-0.2, -0.15) is 5.26 Å². The Labute approximate surface area is 184 Å². The van der Waals surface area contributed by atoms with Gasteiger partial charge in [-0.1, -0.05) is 91.0 Å². The number of nitrogens with one attached hydrogen (secondary N) is 2. The highest BCUT2D eigenvalue weighted by atomic mass is 16.1. The zero-order valence-corrected chi connectivity index (χ0v) is 17.7. The summed E-state index contributed by atoms with van der Waals surface area (Å²) in [5.41, 5.74) is 3.46. The Bertz CT molecular complexity index is 967. The molecule has 0 unspecified atom stereocenters. The predicted octanol–water partition coefficient (Wildman–Crippen LogP) is 1.44. The van der Waals surface area contributed by atoms with Crippen LogP contribution in [0.15, 0.2) is 91.0 Å². The fraction of sp³-hybridized carbons (Fsp3) is 0.259. The molecule has 4 nitrogen and oxygen atoms in total. The zero-order chi connectivity index (χ0) is 21.5. The van der Waals surface area contributed by atoms with Crippen LogP contribution in [-0.2, 0) is 4.79 Å². The summed E-state index contributed by atoms with van der Waals surface area (Å²) in [6.07, 6.45) is 0. The summed E-state index contributed by atoms with van der Waals surface area (Å²) >= 11 is 0. The van der Waals surface area contributed by atoms with E-state index in [1.165, 1.54) is 20.9 Å². The summed E-state index contributed by atoms with van der Waals surface area (Å²) in [6.45, 7) is 4.29. The van der Waals surface area contributed by atoms with Crippen molar-refractivity contribution in [1.29, 1.82) is 5.26 Å². The summed E-state index contributed by atoms with van der Waals surface area (Å²) in [5, 5.41) is 9.56. The second-order valence-corrected chi connectivity index (χ2v) is 8.28. The molecule has 3 aromatic carbocycles. The molecule has 4 rings (SSSR count). The van der Waals surface area contributed by atoms with Gasteiger partial charge in [-0.25, -0.2) is 0 Å². The van der Waals surface area contributed by atoms with Crippen LogP contribution in [-0.4, -0.2) is 38.5 Å². The topological polar surface area (TPSA) is 49.7 Å². The molecule has 1 atom stereocenters. The van der Waals surface area contributed by atoms with E-state index in [2.05, 4.69) is 66.7 Å². The monoisotopic (exact) mass is 411 g/mol. The maximum Gasteiger partial charge on any atom is 0.208 e. The van der Waals surface area contributed by atoms with Crippen molar-refractivity contribution in [2.45, 2.75) is 12.0 Å². The van der Waals surface area contributed by atoms with Gasteiger partial charge in [0, 0.05) is 11.1 Å². The van der Waals surface area contributed by atoms with Gasteiger partial charge >= 0.3 is 0 Å². The van der Waals surface area contributed by atoms with E-state index in [1.807, 2.05) is 30.3 Å². The first-order chi connectivity index (χ1) is 15.3. The SMILES string of the molecule is N#C[C@@H](C(=O)C[NH+]1CC[NH+](C(c2ccccc2)c2ccccc2)CC1)c1ccccc1. The molecular weight excluding hydrogens is 382 g/mol. The minimum Gasteiger partial charge on any atom is -0.319 e. The maximum absolute atomic E-state index is 12.9. The van der Waals surface area contributed by atoms with Gasteiger partial charge in [0.05, 0.1) is 6.07 Å². The van der Waals surface area contributed by atoms with Crippen LogP contribution in [0.1, 0.15) is 28.7 Å². The minimum atomic E-state index is -0.666. The molecule has 1 saturated heterocycles.